The van der Waals surface area contributed by atoms with Gasteiger partial charge in [0, 0.05) is 11.0 Å². The lowest BCUT2D eigenvalue weighted by molar-refractivity contribution is 0.104. The number of rotatable bonds is 7. The maximum Gasteiger partial charge on any atom is 0.189 e. The molecule has 2 aromatic rings. The van der Waals surface area contributed by atoms with Gasteiger partial charge in [0.25, 0.3) is 0 Å². The van der Waals surface area contributed by atoms with Gasteiger partial charge in [-0.1, -0.05) is 56.4 Å². The Balaban J connectivity index is 2.32. The average molecular weight is 362 g/mol. The number of aromatic hydroxyl groups is 1. The van der Waals surface area contributed by atoms with Crippen LogP contribution in [0.15, 0.2) is 61.2 Å². The second-order valence-electron chi connectivity index (χ2n) is 7.03. The molecule has 2 aromatic carbocycles. The molecule has 0 aliphatic carbocycles. The number of methoxy groups -OCH3 is 1. The highest BCUT2D eigenvalue weighted by Gasteiger charge is 2.14. The number of carbonyl (C=O) groups is 1. The molecular formula is C24H26O3. The molecule has 3 heteroatoms. The molecule has 27 heavy (non-hydrogen) atoms. The lowest BCUT2D eigenvalue weighted by atomic mass is 9.91. The molecule has 0 saturated carbocycles. The van der Waals surface area contributed by atoms with Gasteiger partial charge in [-0.3, -0.25) is 4.79 Å². The van der Waals surface area contributed by atoms with Crippen LogP contribution in [-0.4, -0.2) is 18.0 Å². The number of aryl methyl sites for hydroxylation is 1. The number of hydrogen-bond acceptors (Lipinski definition) is 3. The Labute approximate surface area is 161 Å². The SMILES string of the molecule is C=CC(C)(C)/C=C\c1c(C)ccc(C(=O)/C=C/c2cccc(OC)c2)c1O. The zero-order valence-electron chi connectivity index (χ0n) is 16.3. The first-order valence-corrected chi connectivity index (χ1v) is 8.79. The number of carbonyl (C=O) groups excluding carboxylic acids is 1. The van der Waals surface area contributed by atoms with Crippen molar-refractivity contribution in [2.75, 3.05) is 7.11 Å². The molecule has 0 heterocycles. The molecule has 0 aliphatic rings. The number of benzene rings is 2. The molecule has 0 fully saturated rings. The summed E-state index contributed by atoms with van der Waals surface area (Å²) >= 11 is 0. The van der Waals surface area contributed by atoms with Crippen LogP contribution in [0, 0.1) is 12.3 Å². The van der Waals surface area contributed by atoms with Crippen LogP contribution in [-0.2, 0) is 0 Å². The molecule has 0 aromatic heterocycles. The van der Waals surface area contributed by atoms with Crippen molar-refractivity contribution in [3.8, 4) is 11.5 Å². The highest BCUT2D eigenvalue weighted by atomic mass is 16.5. The molecule has 140 valence electrons. The molecule has 0 spiro atoms. The van der Waals surface area contributed by atoms with E-state index in [2.05, 4.69) is 6.58 Å². The van der Waals surface area contributed by atoms with Crippen molar-refractivity contribution < 1.29 is 14.6 Å². The van der Waals surface area contributed by atoms with Gasteiger partial charge in [0.15, 0.2) is 5.78 Å². The smallest absolute Gasteiger partial charge is 0.189 e. The Morgan fingerprint density at radius 3 is 2.59 bits per heavy atom. The maximum atomic E-state index is 12.6. The van der Waals surface area contributed by atoms with Crippen LogP contribution in [0.3, 0.4) is 0 Å². The lowest BCUT2D eigenvalue weighted by Gasteiger charge is -2.14. The summed E-state index contributed by atoms with van der Waals surface area (Å²) < 4.78 is 5.18. The van der Waals surface area contributed by atoms with Gasteiger partial charge < -0.3 is 9.84 Å². The Morgan fingerprint density at radius 1 is 1.19 bits per heavy atom. The molecule has 1 N–H and O–H groups in total. The minimum Gasteiger partial charge on any atom is -0.507 e. The van der Waals surface area contributed by atoms with E-state index >= 15 is 0 Å². The number of phenols is 1. The predicted molar refractivity (Wildman–Crippen MR) is 112 cm³/mol. The van der Waals surface area contributed by atoms with Crippen molar-refractivity contribution in [1.29, 1.82) is 0 Å². The van der Waals surface area contributed by atoms with Crippen molar-refractivity contribution in [2.45, 2.75) is 20.8 Å². The van der Waals surface area contributed by atoms with Gasteiger partial charge in [0.1, 0.15) is 11.5 Å². The highest BCUT2D eigenvalue weighted by Crippen LogP contribution is 2.30. The predicted octanol–water partition coefficient (Wildman–Crippen LogP) is 5.83. The molecule has 0 unspecified atom stereocenters. The van der Waals surface area contributed by atoms with Crippen molar-refractivity contribution in [3.05, 3.63) is 83.5 Å². The van der Waals surface area contributed by atoms with E-state index in [-0.39, 0.29) is 22.5 Å². The second-order valence-corrected chi connectivity index (χ2v) is 7.03. The van der Waals surface area contributed by atoms with Gasteiger partial charge in [-0.05, 0) is 42.3 Å². The van der Waals surface area contributed by atoms with E-state index < -0.39 is 0 Å². The minimum absolute atomic E-state index is 0.00796. The third-order valence-corrected chi connectivity index (χ3v) is 4.43. The zero-order valence-corrected chi connectivity index (χ0v) is 16.3. The quantitative estimate of drug-likeness (QED) is 0.383. The Hall–Kier alpha value is -3.07. The third kappa shape index (κ3) is 5.20. The summed E-state index contributed by atoms with van der Waals surface area (Å²) in [7, 11) is 1.60. The van der Waals surface area contributed by atoms with E-state index in [1.807, 2.05) is 69.3 Å². The summed E-state index contributed by atoms with van der Waals surface area (Å²) in [5, 5.41) is 10.6. The molecule has 2 rings (SSSR count). The zero-order chi connectivity index (χ0) is 20.0. The summed E-state index contributed by atoms with van der Waals surface area (Å²) in [5.74, 6) is 0.458. The van der Waals surface area contributed by atoms with Crippen LogP contribution < -0.4 is 4.74 Å². The fraction of sp³-hybridized carbons (Fsp3) is 0.208. The van der Waals surface area contributed by atoms with Crippen LogP contribution in [0.5, 0.6) is 11.5 Å². The van der Waals surface area contributed by atoms with Crippen LogP contribution >= 0.6 is 0 Å². The van der Waals surface area contributed by atoms with E-state index in [0.29, 0.717) is 5.56 Å². The summed E-state index contributed by atoms with van der Waals surface area (Å²) in [6.07, 6.45) is 8.81. The van der Waals surface area contributed by atoms with Gasteiger partial charge in [0.2, 0.25) is 0 Å². The van der Waals surface area contributed by atoms with Crippen molar-refractivity contribution >= 4 is 17.9 Å². The van der Waals surface area contributed by atoms with Crippen molar-refractivity contribution in [2.24, 2.45) is 5.41 Å². The van der Waals surface area contributed by atoms with Crippen LogP contribution in [0.2, 0.25) is 0 Å². The second kappa shape index (κ2) is 8.54. The van der Waals surface area contributed by atoms with E-state index in [1.54, 1.807) is 19.3 Å². The van der Waals surface area contributed by atoms with Crippen LogP contribution in [0.1, 0.15) is 40.9 Å². The normalized spacial score (nSPS) is 11.9. The number of ketones is 1. The fourth-order valence-electron chi connectivity index (χ4n) is 2.49. The molecule has 3 nitrogen and oxygen atoms in total. The fourth-order valence-corrected chi connectivity index (χ4v) is 2.49. The summed E-state index contributed by atoms with van der Waals surface area (Å²) in [4.78, 5) is 12.6. The minimum atomic E-state index is -0.257. The summed E-state index contributed by atoms with van der Waals surface area (Å²) in [5.41, 5.74) is 2.46. The van der Waals surface area contributed by atoms with Gasteiger partial charge in [0.05, 0.1) is 12.7 Å². The van der Waals surface area contributed by atoms with Crippen LogP contribution in [0.4, 0.5) is 0 Å². The van der Waals surface area contributed by atoms with Crippen molar-refractivity contribution in [3.63, 3.8) is 0 Å². The largest absolute Gasteiger partial charge is 0.507 e. The third-order valence-electron chi connectivity index (χ3n) is 4.43. The monoisotopic (exact) mass is 362 g/mol. The number of ether oxygens (including phenoxy) is 1. The first kappa shape index (κ1) is 20.2. The Bertz CT molecular complexity index is 902. The Kier molecular flexibility index (Phi) is 6.40. The highest BCUT2D eigenvalue weighted by molar-refractivity contribution is 6.09. The van der Waals surface area contributed by atoms with Gasteiger partial charge >= 0.3 is 0 Å². The van der Waals surface area contributed by atoms with E-state index in [0.717, 1.165) is 16.9 Å². The molecule has 0 bridgehead atoms. The molecule has 0 aliphatic heterocycles. The summed E-state index contributed by atoms with van der Waals surface area (Å²) in [6, 6.07) is 10.9. The topological polar surface area (TPSA) is 46.5 Å². The lowest BCUT2D eigenvalue weighted by Crippen LogP contribution is -2.02. The number of phenolic OH excluding ortho intramolecular Hbond substituents is 1. The molecule has 0 saturated heterocycles. The Morgan fingerprint density at radius 2 is 1.93 bits per heavy atom. The average Bonchev–Trinajstić information content (AvgIpc) is 2.66. The van der Waals surface area contributed by atoms with E-state index in [4.69, 9.17) is 4.74 Å². The first-order chi connectivity index (χ1) is 12.8. The maximum absolute atomic E-state index is 12.6. The van der Waals surface area contributed by atoms with E-state index in [1.165, 1.54) is 6.08 Å². The molecule has 0 radical (unpaired) electrons. The molecule has 0 atom stereocenters. The first-order valence-electron chi connectivity index (χ1n) is 8.79. The van der Waals surface area contributed by atoms with Crippen molar-refractivity contribution in [1.82, 2.24) is 0 Å². The van der Waals surface area contributed by atoms with Gasteiger partial charge in [-0.25, -0.2) is 0 Å². The van der Waals surface area contributed by atoms with E-state index in [9.17, 15) is 9.90 Å². The van der Waals surface area contributed by atoms with Gasteiger partial charge in [-0.2, -0.15) is 0 Å². The summed E-state index contributed by atoms with van der Waals surface area (Å²) in [6.45, 7) is 9.76. The standard InChI is InChI=1S/C24H26O3/c1-6-24(3,4)15-14-20-17(2)10-12-21(23(20)26)22(25)13-11-18-8-7-9-19(16-18)27-5/h6-16,26H,1H2,2-5H3/b13-11+,15-14-. The van der Waals surface area contributed by atoms with Gasteiger partial charge in [-0.15, -0.1) is 6.58 Å². The van der Waals surface area contributed by atoms with Crippen LogP contribution in [0.25, 0.3) is 12.2 Å². The number of hydrogen-bond donors (Lipinski definition) is 1. The molecule has 0 amide bonds. The number of allylic oxidation sites excluding steroid dienone is 3. The molecular weight excluding hydrogens is 336 g/mol.